The Bertz CT molecular complexity index is 446. The number of nitrogens with zero attached hydrogens (tertiary/aromatic N) is 2. The lowest BCUT2D eigenvalue weighted by Gasteiger charge is -2.09. The van der Waals surface area contributed by atoms with Crippen LogP contribution in [0.25, 0.3) is 0 Å². The van der Waals surface area contributed by atoms with Gasteiger partial charge in [-0.15, -0.1) is 0 Å². The molecule has 1 aromatic rings. The first-order valence-corrected chi connectivity index (χ1v) is 5.99. The highest BCUT2D eigenvalue weighted by molar-refractivity contribution is 5.96. The van der Waals surface area contributed by atoms with Crippen molar-refractivity contribution < 1.29 is 9.94 Å². The quantitative estimate of drug-likeness (QED) is 0.162. The minimum Gasteiger partial charge on any atom is -0.409 e. The molecule has 0 aliphatic rings. The van der Waals surface area contributed by atoms with Gasteiger partial charge in [-0.1, -0.05) is 23.4 Å². The number of aromatic nitrogens is 1. The second-order valence-electron chi connectivity index (χ2n) is 4.18. The lowest BCUT2D eigenvalue weighted by molar-refractivity contribution is 0.157. The van der Waals surface area contributed by atoms with Crippen molar-refractivity contribution >= 4 is 5.84 Å². The fourth-order valence-corrected chi connectivity index (χ4v) is 1.47. The zero-order chi connectivity index (χ0) is 14.1. The van der Waals surface area contributed by atoms with E-state index in [1.54, 1.807) is 6.20 Å². The third-order valence-corrected chi connectivity index (χ3v) is 2.33. The minimum absolute atomic E-state index is 0.0101. The van der Waals surface area contributed by atoms with E-state index in [0.717, 1.165) is 11.1 Å². The molecule has 0 radical (unpaired) electrons. The molecule has 0 saturated carbocycles. The van der Waals surface area contributed by atoms with Crippen LogP contribution >= 0.6 is 0 Å². The molecular weight excluding hydrogens is 244 g/mol. The van der Waals surface area contributed by atoms with Crippen molar-refractivity contribution in [3.05, 3.63) is 41.7 Å². The predicted octanol–water partition coefficient (Wildman–Crippen LogP) is 0.858. The Balaban J connectivity index is 2.39. The summed E-state index contributed by atoms with van der Waals surface area (Å²) in [5, 5.41) is 14.9. The number of nitrogens with two attached hydrogens (primary N) is 1. The van der Waals surface area contributed by atoms with Gasteiger partial charge >= 0.3 is 0 Å². The van der Waals surface area contributed by atoms with Crippen molar-refractivity contribution in [3.8, 4) is 0 Å². The Morgan fingerprint density at radius 3 is 3.11 bits per heavy atom. The Hall–Kier alpha value is -1.92. The monoisotopic (exact) mass is 264 g/mol. The van der Waals surface area contributed by atoms with E-state index in [-0.39, 0.29) is 5.84 Å². The molecule has 1 heterocycles. The smallest absolute Gasteiger partial charge is 0.189 e. The van der Waals surface area contributed by atoms with Crippen molar-refractivity contribution in [1.29, 1.82) is 0 Å². The van der Waals surface area contributed by atoms with Gasteiger partial charge in [0.25, 0.3) is 0 Å². The Morgan fingerprint density at radius 1 is 1.63 bits per heavy atom. The highest BCUT2D eigenvalue weighted by Gasteiger charge is 2.07. The number of amidine groups is 1. The zero-order valence-electron chi connectivity index (χ0n) is 11.1. The van der Waals surface area contributed by atoms with Crippen LogP contribution in [0, 0.1) is 0 Å². The van der Waals surface area contributed by atoms with Gasteiger partial charge < -0.3 is 21.0 Å². The SMILES string of the molecule is C=C(C)COCCNCc1cccnc1/C(N)=N/O. The first kappa shape index (κ1) is 15.1. The normalized spacial score (nSPS) is 11.5. The van der Waals surface area contributed by atoms with E-state index in [9.17, 15) is 0 Å². The molecule has 19 heavy (non-hydrogen) atoms. The number of nitrogens with one attached hydrogen (secondary N) is 1. The van der Waals surface area contributed by atoms with Gasteiger partial charge in [0.1, 0.15) is 5.69 Å². The van der Waals surface area contributed by atoms with E-state index < -0.39 is 0 Å². The molecule has 0 saturated heterocycles. The van der Waals surface area contributed by atoms with E-state index in [2.05, 4.69) is 22.0 Å². The number of hydrogen-bond acceptors (Lipinski definition) is 5. The number of oxime groups is 1. The van der Waals surface area contributed by atoms with Crippen LogP contribution in [0.2, 0.25) is 0 Å². The van der Waals surface area contributed by atoms with Crippen LogP contribution in [0.15, 0.2) is 35.6 Å². The van der Waals surface area contributed by atoms with Crippen LogP contribution in [0.5, 0.6) is 0 Å². The van der Waals surface area contributed by atoms with E-state index in [0.29, 0.717) is 32.0 Å². The van der Waals surface area contributed by atoms with Gasteiger partial charge in [0.05, 0.1) is 13.2 Å². The average Bonchev–Trinajstić information content (AvgIpc) is 2.42. The number of pyridine rings is 1. The molecule has 0 spiro atoms. The summed E-state index contributed by atoms with van der Waals surface area (Å²) in [6, 6.07) is 3.69. The maximum Gasteiger partial charge on any atom is 0.189 e. The summed E-state index contributed by atoms with van der Waals surface area (Å²) in [5.74, 6) is 0.0101. The second kappa shape index (κ2) is 8.23. The molecule has 0 fully saturated rings. The van der Waals surface area contributed by atoms with Crippen LogP contribution in [0.4, 0.5) is 0 Å². The van der Waals surface area contributed by atoms with Gasteiger partial charge in [0, 0.05) is 19.3 Å². The lowest BCUT2D eigenvalue weighted by atomic mass is 10.2. The summed E-state index contributed by atoms with van der Waals surface area (Å²) in [6.07, 6.45) is 1.60. The third kappa shape index (κ3) is 5.50. The molecule has 1 rings (SSSR count). The maximum absolute atomic E-state index is 8.68. The molecule has 0 aromatic carbocycles. The number of hydrogen-bond donors (Lipinski definition) is 3. The lowest BCUT2D eigenvalue weighted by Crippen LogP contribution is -2.23. The van der Waals surface area contributed by atoms with Gasteiger partial charge in [0.2, 0.25) is 0 Å². The summed E-state index contributed by atoms with van der Waals surface area (Å²) in [5.41, 5.74) is 7.92. The van der Waals surface area contributed by atoms with Crippen molar-refractivity contribution in [1.82, 2.24) is 10.3 Å². The summed E-state index contributed by atoms with van der Waals surface area (Å²) < 4.78 is 5.37. The molecule has 6 heteroatoms. The summed E-state index contributed by atoms with van der Waals surface area (Å²) in [4.78, 5) is 4.09. The molecule has 4 N–H and O–H groups in total. The van der Waals surface area contributed by atoms with E-state index >= 15 is 0 Å². The summed E-state index contributed by atoms with van der Waals surface area (Å²) in [6.45, 7) is 8.14. The number of rotatable bonds is 8. The molecular formula is C13H20N4O2. The first-order valence-electron chi connectivity index (χ1n) is 5.99. The summed E-state index contributed by atoms with van der Waals surface area (Å²) in [7, 11) is 0. The van der Waals surface area contributed by atoms with Gasteiger partial charge in [0.15, 0.2) is 5.84 Å². The van der Waals surface area contributed by atoms with Gasteiger partial charge in [-0.2, -0.15) is 0 Å². The van der Waals surface area contributed by atoms with Crippen molar-refractivity contribution in [2.24, 2.45) is 10.9 Å². The predicted molar refractivity (Wildman–Crippen MR) is 74.1 cm³/mol. The second-order valence-corrected chi connectivity index (χ2v) is 4.18. The van der Waals surface area contributed by atoms with Crippen molar-refractivity contribution in [3.63, 3.8) is 0 Å². The summed E-state index contributed by atoms with van der Waals surface area (Å²) >= 11 is 0. The van der Waals surface area contributed by atoms with E-state index in [1.807, 2.05) is 19.1 Å². The molecule has 1 aromatic heterocycles. The fourth-order valence-electron chi connectivity index (χ4n) is 1.47. The van der Waals surface area contributed by atoms with Crippen LogP contribution in [0.1, 0.15) is 18.2 Å². The van der Waals surface area contributed by atoms with Gasteiger partial charge in [-0.3, -0.25) is 4.98 Å². The topological polar surface area (TPSA) is 92.8 Å². The van der Waals surface area contributed by atoms with Crippen LogP contribution < -0.4 is 11.1 Å². The molecule has 0 amide bonds. The van der Waals surface area contributed by atoms with E-state index in [1.165, 1.54) is 0 Å². The third-order valence-electron chi connectivity index (χ3n) is 2.33. The molecule has 0 unspecified atom stereocenters. The first-order chi connectivity index (χ1) is 9.15. The Morgan fingerprint density at radius 2 is 2.42 bits per heavy atom. The van der Waals surface area contributed by atoms with Crippen LogP contribution in [-0.2, 0) is 11.3 Å². The number of ether oxygens (including phenoxy) is 1. The molecule has 6 nitrogen and oxygen atoms in total. The standard InChI is InChI=1S/C13H20N4O2/c1-10(2)9-19-7-6-15-8-11-4-3-5-16-12(11)13(14)17-18/h3-5,15,18H,1,6-9H2,2H3,(H2,14,17). The highest BCUT2D eigenvalue weighted by Crippen LogP contribution is 2.04. The molecule has 104 valence electrons. The van der Waals surface area contributed by atoms with Gasteiger partial charge in [-0.05, 0) is 18.6 Å². The molecule has 0 aliphatic carbocycles. The highest BCUT2D eigenvalue weighted by atomic mass is 16.5. The Labute approximate surface area is 113 Å². The van der Waals surface area contributed by atoms with Crippen LogP contribution in [-0.4, -0.2) is 35.8 Å². The molecule has 0 aliphatic heterocycles. The van der Waals surface area contributed by atoms with Gasteiger partial charge in [-0.25, -0.2) is 0 Å². The van der Waals surface area contributed by atoms with E-state index in [4.69, 9.17) is 15.7 Å². The van der Waals surface area contributed by atoms with Crippen molar-refractivity contribution in [2.75, 3.05) is 19.8 Å². The average molecular weight is 264 g/mol. The zero-order valence-corrected chi connectivity index (χ0v) is 11.1. The Kier molecular flexibility index (Phi) is 6.56. The molecule has 0 bridgehead atoms. The minimum atomic E-state index is 0.0101. The largest absolute Gasteiger partial charge is 0.409 e. The molecule has 0 atom stereocenters. The van der Waals surface area contributed by atoms with Crippen LogP contribution in [0.3, 0.4) is 0 Å². The fraction of sp³-hybridized carbons (Fsp3) is 0.385. The maximum atomic E-state index is 8.68. The van der Waals surface area contributed by atoms with Crippen molar-refractivity contribution in [2.45, 2.75) is 13.5 Å².